The molecule has 3 rings (SSSR count). The largest absolute Gasteiger partial charge is 0.465 e. The third kappa shape index (κ3) is 4.84. The third-order valence-corrected chi connectivity index (χ3v) is 5.76. The van der Waals surface area contributed by atoms with Crippen LogP contribution in [0.3, 0.4) is 0 Å². The maximum atomic E-state index is 13.3. The zero-order valence-electron chi connectivity index (χ0n) is 17.2. The number of amides is 3. The van der Waals surface area contributed by atoms with Gasteiger partial charge in [-0.25, -0.2) is 10.3 Å². The summed E-state index contributed by atoms with van der Waals surface area (Å²) in [4.78, 5) is 38.5. The molecule has 0 radical (unpaired) electrons. The van der Waals surface area contributed by atoms with Gasteiger partial charge in [0.2, 0.25) is 0 Å². The molecular weight excluding hydrogens is 418 g/mol. The number of hydroxylamine groups is 1. The van der Waals surface area contributed by atoms with Crippen LogP contribution in [-0.2, 0) is 4.79 Å². The van der Waals surface area contributed by atoms with Crippen molar-refractivity contribution in [1.82, 2.24) is 10.4 Å². The summed E-state index contributed by atoms with van der Waals surface area (Å²) in [7, 11) is 0. The summed E-state index contributed by atoms with van der Waals surface area (Å²) in [6.07, 6.45) is -1.20. The van der Waals surface area contributed by atoms with Gasteiger partial charge in [0.05, 0.1) is 4.88 Å². The van der Waals surface area contributed by atoms with Gasteiger partial charge in [0.15, 0.2) is 0 Å². The maximum absolute atomic E-state index is 13.3. The molecule has 0 aliphatic carbocycles. The number of nitrogens with zero attached hydrogens (tertiary/aromatic N) is 1. The van der Waals surface area contributed by atoms with Crippen molar-refractivity contribution in [3.63, 3.8) is 0 Å². The van der Waals surface area contributed by atoms with Crippen LogP contribution in [0, 0.1) is 0 Å². The van der Waals surface area contributed by atoms with Crippen LogP contribution in [0.1, 0.15) is 42.0 Å². The fourth-order valence-electron chi connectivity index (χ4n) is 3.32. The molecular formula is C22H23N3O5S. The minimum Gasteiger partial charge on any atom is -0.465 e. The minimum absolute atomic E-state index is 0.327. The molecule has 1 atom stereocenters. The van der Waals surface area contributed by atoms with E-state index < -0.39 is 29.5 Å². The van der Waals surface area contributed by atoms with Crippen LogP contribution >= 0.6 is 11.3 Å². The number of carbonyl (C=O) groups excluding carboxylic acids is 2. The van der Waals surface area contributed by atoms with Crippen LogP contribution in [-0.4, -0.2) is 38.7 Å². The number of nitrogens with one attached hydrogen (secondary N) is 2. The SMILES string of the molecule is CC(C)(C)N(C(=O)O)[C@@H](C(=O)Nc1ccc2cc(C(=O)NO)sc2c1)c1ccccc1. The molecule has 3 amide bonds. The summed E-state index contributed by atoms with van der Waals surface area (Å²) in [5, 5.41) is 22.3. The van der Waals surface area contributed by atoms with Crippen LogP contribution in [0.15, 0.2) is 54.6 Å². The topological polar surface area (TPSA) is 119 Å². The van der Waals surface area contributed by atoms with Crippen molar-refractivity contribution in [2.24, 2.45) is 0 Å². The standard InChI is InChI=1S/C22H23N3O5S/c1-22(2,3)25(21(28)29)18(13-7-5-4-6-8-13)20(27)23-15-10-9-14-11-17(19(26)24-30)31-16(14)12-15/h4-12,18,30H,1-3H3,(H,23,27)(H,24,26)(H,28,29)/t18-/m1/s1. The van der Waals surface area contributed by atoms with Gasteiger partial charge in [-0.2, -0.15) is 0 Å². The molecule has 0 bridgehead atoms. The molecule has 0 spiro atoms. The number of hydrogen-bond acceptors (Lipinski definition) is 5. The van der Waals surface area contributed by atoms with E-state index in [4.69, 9.17) is 5.21 Å². The first-order valence-corrected chi connectivity index (χ1v) is 10.3. The second kappa shape index (κ2) is 8.75. The second-order valence-electron chi connectivity index (χ2n) is 7.93. The van der Waals surface area contributed by atoms with E-state index in [1.165, 1.54) is 0 Å². The normalized spacial score (nSPS) is 12.3. The van der Waals surface area contributed by atoms with Gasteiger partial charge in [0.1, 0.15) is 6.04 Å². The van der Waals surface area contributed by atoms with Gasteiger partial charge in [-0.1, -0.05) is 36.4 Å². The molecule has 9 heteroatoms. The van der Waals surface area contributed by atoms with Gasteiger partial charge in [-0.05, 0) is 49.9 Å². The van der Waals surface area contributed by atoms with E-state index >= 15 is 0 Å². The molecule has 0 unspecified atom stereocenters. The van der Waals surface area contributed by atoms with E-state index in [1.807, 2.05) is 0 Å². The first-order valence-electron chi connectivity index (χ1n) is 9.48. The average molecular weight is 442 g/mol. The monoisotopic (exact) mass is 441 g/mol. The number of benzene rings is 2. The summed E-state index contributed by atoms with van der Waals surface area (Å²) in [5.41, 5.74) is 1.79. The van der Waals surface area contributed by atoms with E-state index in [0.717, 1.165) is 26.3 Å². The Morgan fingerprint density at radius 2 is 1.71 bits per heavy atom. The number of hydrogen-bond donors (Lipinski definition) is 4. The van der Waals surface area contributed by atoms with Gasteiger partial charge < -0.3 is 10.4 Å². The molecule has 0 aliphatic heterocycles. The van der Waals surface area contributed by atoms with Crippen LogP contribution in [0.25, 0.3) is 10.1 Å². The number of fused-ring (bicyclic) bond motifs is 1. The number of carboxylic acid groups (broad SMARTS) is 1. The van der Waals surface area contributed by atoms with Crippen molar-refractivity contribution >= 4 is 45.0 Å². The molecule has 4 N–H and O–H groups in total. The number of carbonyl (C=O) groups is 3. The van der Waals surface area contributed by atoms with Crippen molar-refractivity contribution in [1.29, 1.82) is 0 Å². The first-order chi connectivity index (χ1) is 14.6. The van der Waals surface area contributed by atoms with Crippen molar-refractivity contribution in [3.05, 3.63) is 65.0 Å². The Kier molecular flexibility index (Phi) is 6.28. The van der Waals surface area contributed by atoms with Gasteiger partial charge in [-0.15, -0.1) is 11.3 Å². The predicted octanol–water partition coefficient (Wildman–Crippen LogP) is 4.48. The van der Waals surface area contributed by atoms with E-state index in [0.29, 0.717) is 16.1 Å². The molecule has 0 saturated heterocycles. The number of thiophene rings is 1. The quantitative estimate of drug-likeness (QED) is 0.344. The fourth-order valence-corrected chi connectivity index (χ4v) is 4.32. The molecule has 0 aliphatic rings. The van der Waals surface area contributed by atoms with E-state index in [-0.39, 0.29) is 0 Å². The molecule has 0 fully saturated rings. The summed E-state index contributed by atoms with van der Waals surface area (Å²) < 4.78 is 0.735. The van der Waals surface area contributed by atoms with Crippen molar-refractivity contribution in [2.75, 3.05) is 5.32 Å². The van der Waals surface area contributed by atoms with E-state index in [1.54, 1.807) is 80.8 Å². The summed E-state index contributed by atoms with van der Waals surface area (Å²) >= 11 is 1.16. The molecule has 1 heterocycles. The van der Waals surface area contributed by atoms with E-state index in [9.17, 15) is 19.5 Å². The average Bonchev–Trinajstić information content (AvgIpc) is 3.14. The minimum atomic E-state index is -1.20. The molecule has 2 aromatic carbocycles. The smallest absolute Gasteiger partial charge is 0.408 e. The lowest BCUT2D eigenvalue weighted by Crippen LogP contribution is -2.50. The zero-order valence-corrected chi connectivity index (χ0v) is 18.1. The summed E-state index contributed by atoms with van der Waals surface area (Å²) in [5.74, 6) is -1.11. The molecule has 3 aromatic rings. The van der Waals surface area contributed by atoms with Gasteiger partial charge >= 0.3 is 6.09 Å². The highest BCUT2D eigenvalue weighted by atomic mass is 32.1. The lowest BCUT2D eigenvalue weighted by molar-refractivity contribution is -0.122. The lowest BCUT2D eigenvalue weighted by atomic mass is 9.97. The van der Waals surface area contributed by atoms with Crippen LogP contribution < -0.4 is 10.8 Å². The zero-order chi connectivity index (χ0) is 22.8. The third-order valence-electron chi connectivity index (χ3n) is 4.66. The Morgan fingerprint density at radius 1 is 1.03 bits per heavy atom. The Balaban J connectivity index is 1.96. The number of rotatable bonds is 5. The maximum Gasteiger partial charge on any atom is 0.408 e. The molecule has 31 heavy (non-hydrogen) atoms. The Hall–Kier alpha value is -3.43. The van der Waals surface area contributed by atoms with Gasteiger partial charge in [0, 0.05) is 15.9 Å². The van der Waals surface area contributed by atoms with E-state index in [2.05, 4.69) is 5.32 Å². The number of anilines is 1. The van der Waals surface area contributed by atoms with Crippen LogP contribution in [0.2, 0.25) is 0 Å². The Bertz CT molecular complexity index is 1120. The lowest BCUT2D eigenvalue weighted by Gasteiger charge is -2.39. The Morgan fingerprint density at radius 3 is 2.29 bits per heavy atom. The predicted molar refractivity (Wildman–Crippen MR) is 119 cm³/mol. The highest BCUT2D eigenvalue weighted by Gasteiger charge is 2.38. The first kappa shape index (κ1) is 22.3. The highest BCUT2D eigenvalue weighted by molar-refractivity contribution is 7.20. The summed E-state index contributed by atoms with van der Waals surface area (Å²) in [6.45, 7) is 5.20. The van der Waals surface area contributed by atoms with Crippen molar-refractivity contribution in [2.45, 2.75) is 32.4 Å². The second-order valence-corrected chi connectivity index (χ2v) is 9.01. The fraction of sp³-hybridized carbons (Fsp3) is 0.227. The molecule has 8 nitrogen and oxygen atoms in total. The highest BCUT2D eigenvalue weighted by Crippen LogP contribution is 2.32. The van der Waals surface area contributed by atoms with Crippen LogP contribution in [0.5, 0.6) is 0 Å². The van der Waals surface area contributed by atoms with Gasteiger partial charge in [0.25, 0.3) is 11.8 Å². The van der Waals surface area contributed by atoms with Crippen molar-refractivity contribution < 1.29 is 24.7 Å². The van der Waals surface area contributed by atoms with Crippen LogP contribution in [0.4, 0.5) is 10.5 Å². The molecule has 0 saturated carbocycles. The molecule has 1 aromatic heterocycles. The summed E-state index contributed by atoms with van der Waals surface area (Å²) in [6, 6.07) is 14.4. The Labute approximate surface area is 183 Å². The molecule has 162 valence electrons. The van der Waals surface area contributed by atoms with Gasteiger partial charge in [-0.3, -0.25) is 19.7 Å². The van der Waals surface area contributed by atoms with Crippen molar-refractivity contribution in [3.8, 4) is 0 Å².